The second kappa shape index (κ2) is 22.9. The van der Waals surface area contributed by atoms with Crippen molar-refractivity contribution in [2.24, 2.45) is 21.8 Å². The molecule has 0 saturated carbocycles. The number of methoxy groups -OCH3 is 2. The highest BCUT2D eigenvalue weighted by Gasteiger charge is 2.41. The van der Waals surface area contributed by atoms with Crippen LogP contribution >= 0.6 is 65.3 Å². The largest absolute Gasteiger partial charge is 0.465 e. The number of benzene rings is 2. The second-order valence-electron chi connectivity index (χ2n) is 18.0. The van der Waals surface area contributed by atoms with Gasteiger partial charge in [0.2, 0.25) is 18.0 Å². The number of hydrogen-bond donors (Lipinski definition) is 2. The molecule has 7 heterocycles. The number of fused-ring (bicyclic) bond motifs is 5. The third kappa shape index (κ3) is 10.6. The lowest BCUT2D eigenvalue weighted by Gasteiger charge is -2.31. The van der Waals surface area contributed by atoms with Gasteiger partial charge in [0.1, 0.15) is 23.7 Å². The van der Waals surface area contributed by atoms with Gasteiger partial charge in [-0.3, -0.25) is 19.6 Å². The number of carbonyl (C=O) groups is 4. The minimum atomic E-state index is -0.737. The lowest BCUT2D eigenvalue weighted by atomic mass is 9.95. The summed E-state index contributed by atoms with van der Waals surface area (Å²) in [6, 6.07) is 11.9. The molecule has 2 fully saturated rings. The molecule has 20 heteroatoms. The average molecular weight is 1040 g/mol. The number of ether oxygens (including phenoxy) is 3. The first-order valence-corrected chi connectivity index (χ1v) is 23.3. The molecule has 2 saturated heterocycles. The van der Waals surface area contributed by atoms with Crippen molar-refractivity contribution in [1.29, 1.82) is 0 Å². The summed E-state index contributed by atoms with van der Waals surface area (Å²) in [4.78, 5) is 65.1. The van der Waals surface area contributed by atoms with Crippen LogP contribution in [0.2, 0.25) is 0 Å². The molecular weight excluding hydrogens is 978 g/mol. The molecule has 372 valence electrons. The van der Waals surface area contributed by atoms with Crippen LogP contribution in [-0.4, -0.2) is 101 Å². The Morgan fingerprint density at radius 1 is 0.754 bits per heavy atom. The molecule has 9 rings (SSSR count). The van der Waals surface area contributed by atoms with Gasteiger partial charge in [-0.15, -0.1) is 0 Å². The number of carbonyl (C=O) groups excluding carboxylic acids is 4. The summed E-state index contributed by atoms with van der Waals surface area (Å²) in [5.41, 5.74) is 8.15. The third-order valence-electron chi connectivity index (χ3n) is 13.3. The molecule has 0 bridgehead atoms. The summed E-state index contributed by atoms with van der Waals surface area (Å²) in [6.45, 7) is 8.72. The quantitative estimate of drug-likeness (QED) is 0.152. The van der Waals surface area contributed by atoms with Crippen LogP contribution < -0.4 is 15.4 Å². The maximum Gasteiger partial charge on any atom is 0.407 e. The van der Waals surface area contributed by atoms with Gasteiger partial charge in [0, 0.05) is 60.7 Å². The van der Waals surface area contributed by atoms with E-state index < -0.39 is 36.3 Å². The van der Waals surface area contributed by atoms with Gasteiger partial charge in [-0.1, -0.05) is 33.8 Å². The van der Waals surface area contributed by atoms with Crippen LogP contribution in [0.25, 0.3) is 33.3 Å². The molecule has 2 N–H and O–H groups in total. The standard InChI is InChI=1S/C49H54FN7O7S.4H2S/c1-26(2)43(53-48(60)62-5)45(58)55-14-7-9-38(55)35-19-32(23-51-35)28-11-12-37-31(17-28)21-40-42-34(50)18-30(22-41(42)64-47(57(37)40)29-13-16-65-25-29)33-20-36(52-24-33)39-10-8-15-56(39)46(59)44(27(3)4)54-49(61)63-6;;;;/h11-13,16-18,21-27,38-39,43-44,47H,7-10,14-15,19-20H2,1-6H3,(H,53,60)(H,54,61);4*1H2/t38-,39-,43-,44-,47?;;;;/m0..../s1. The van der Waals surface area contributed by atoms with Gasteiger partial charge in [0.25, 0.3) is 0 Å². The zero-order chi connectivity index (χ0) is 45.7. The summed E-state index contributed by atoms with van der Waals surface area (Å²) < 4.78 is 35.2. The third-order valence-corrected chi connectivity index (χ3v) is 14.0. The topological polar surface area (TPSA) is 156 Å². The lowest BCUT2D eigenvalue weighted by Crippen LogP contribution is -2.53. The van der Waals surface area contributed by atoms with E-state index in [4.69, 9.17) is 24.2 Å². The van der Waals surface area contributed by atoms with E-state index in [1.54, 1.807) is 28.5 Å². The maximum atomic E-state index is 16.8. The van der Waals surface area contributed by atoms with E-state index in [-0.39, 0.29) is 89.7 Å². The molecule has 4 amide bonds. The molecule has 5 aliphatic rings. The molecule has 0 radical (unpaired) electrons. The highest BCUT2D eigenvalue weighted by molar-refractivity contribution is 7.59. The van der Waals surface area contributed by atoms with Gasteiger partial charge in [-0.05, 0) is 107 Å². The van der Waals surface area contributed by atoms with Gasteiger partial charge >= 0.3 is 12.2 Å². The van der Waals surface area contributed by atoms with Crippen LogP contribution in [-0.2, 0) is 19.1 Å². The first-order valence-electron chi connectivity index (χ1n) is 22.3. The fraction of sp³-hybridized carbons (Fsp3) is 0.429. The first kappa shape index (κ1) is 55.0. The van der Waals surface area contributed by atoms with Crippen molar-refractivity contribution in [3.8, 4) is 17.0 Å². The van der Waals surface area contributed by atoms with Crippen molar-refractivity contribution in [1.82, 2.24) is 25.0 Å². The Morgan fingerprint density at radius 3 is 1.81 bits per heavy atom. The van der Waals surface area contributed by atoms with Crippen LogP contribution in [0.5, 0.6) is 5.75 Å². The summed E-state index contributed by atoms with van der Waals surface area (Å²) in [7, 11) is 2.57. The van der Waals surface area contributed by atoms with Crippen molar-refractivity contribution in [3.05, 3.63) is 88.1 Å². The van der Waals surface area contributed by atoms with Crippen molar-refractivity contribution in [3.63, 3.8) is 0 Å². The van der Waals surface area contributed by atoms with E-state index >= 15 is 4.39 Å². The van der Waals surface area contributed by atoms with Crippen LogP contribution in [0.15, 0.2) is 75.6 Å². The Morgan fingerprint density at radius 2 is 1.30 bits per heavy atom. The highest BCUT2D eigenvalue weighted by Crippen LogP contribution is 2.48. The molecule has 4 aromatic rings. The SMILES string of the molecule is COC(=O)N[C@H](C(=O)N1CCC[C@H]1C1=NC=C(c2cc(F)c3c(c2)OC(c2ccsc2)n2c-3cc3cc(C4=CN=C([C@@H]5CCCN5C(=O)[C@@H](NC(=O)OC)C(C)C)C4)ccc32)C1)C(C)C.S.S.S.S. The molecule has 5 atom stereocenters. The fourth-order valence-electron chi connectivity index (χ4n) is 9.96. The summed E-state index contributed by atoms with van der Waals surface area (Å²) in [5.74, 6) is -0.572. The van der Waals surface area contributed by atoms with Crippen molar-refractivity contribution >= 4 is 123 Å². The number of rotatable bonds is 11. The smallest absolute Gasteiger partial charge is 0.407 e. The number of halogens is 1. The van der Waals surface area contributed by atoms with E-state index in [1.807, 2.05) is 67.8 Å². The Balaban J connectivity index is 0.00000222. The summed E-state index contributed by atoms with van der Waals surface area (Å²) >= 11 is 1.57. The number of nitrogens with one attached hydrogen (secondary N) is 2. The van der Waals surface area contributed by atoms with Gasteiger partial charge in [0.15, 0.2) is 0 Å². The Hall–Kier alpha value is -4.89. The van der Waals surface area contributed by atoms with Gasteiger partial charge in [-0.2, -0.15) is 65.3 Å². The molecule has 69 heavy (non-hydrogen) atoms. The number of allylic oxidation sites excluding steroid dienone is 2. The van der Waals surface area contributed by atoms with Crippen LogP contribution in [0.3, 0.4) is 0 Å². The van der Waals surface area contributed by atoms with Gasteiger partial charge in [0.05, 0.1) is 43.1 Å². The Bertz CT molecular complexity index is 2700. The van der Waals surface area contributed by atoms with Gasteiger partial charge in [-0.25, -0.2) is 14.0 Å². The lowest BCUT2D eigenvalue weighted by molar-refractivity contribution is -0.134. The minimum absolute atomic E-state index is 0. The zero-order valence-corrected chi connectivity index (χ0v) is 44.2. The van der Waals surface area contributed by atoms with Gasteiger partial charge < -0.3 is 39.2 Å². The van der Waals surface area contributed by atoms with Crippen LogP contribution in [0.4, 0.5) is 14.0 Å². The Labute approximate surface area is 434 Å². The monoisotopic (exact) mass is 1040 g/mol. The average Bonchev–Trinajstić information content (AvgIpc) is 4.15. The van der Waals surface area contributed by atoms with E-state index in [2.05, 4.69) is 33.4 Å². The maximum absolute atomic E-state index is 16.8. The van der Waals surface area contributed by atoms with E-state index in [9.17, 15) is 19.2 Å². The first-order chi connectivity index (χ1) is 31.3. The molecule has 14 nitrogen and oxygen atoms in total. The molecule has 0 aliphatic carbocycles. The van der Waals surface area contributed by atoms with E-state index in [0.717, 1.165) is 70.3 Å². The number of aromatic nitrogens is 1. The number of aliphatic imine (C=N–C) groups is 2. The zero-order valence-electron chi connectivity index (χ0n) is 39.4. The summed E-state index contributed by atoms with van der Waals surface area (Å²) in [6.07, 6.45) is 6.02. The molecular formula is C49H62FN7O7S5. The number of likely N-dealkylation sites (tertiary alicyclic amines) is 2. The van der Waals surface area contributed by atoms with Crippen LogP contribution in [0.1, 0.15) is 89.1 Å². The highest BCUT2D eigenvalue weighted by atomic mass is 32.1. The van der Waals surface area contributed by atoms with Crippen molar-refractivity contribution < 1.29 is 37.8 Å². The fourth-order valence-corrected chi connectivity index (χ4v) is 10.6. The predicted octanol–water partition coefficient (Wildman–Crippen LogP) is 9.01. The minimum Gasteiger partial charge on any atom is -0.465 e. The van der Waals surface area contributed by atoms with Crippen molar-refractivity contribution in [2.45, 2.75) is 96.6 Å². The van der Waals surface area contributed by atoms with E-state index in [1.165, 1.54) is 14.2 Å². The predicted molar refractivity (Wildman–Crippen MR) is 290 cm³/mol. The number of nitrogens with zero attached hydrogens (tertiary/aromatic N) is 5. The van der Waals surface area contributed by atoms with E-state index in [0.29, 0.717) is 48.5 Å². The number of thiophene rings is 1. The van der Waals surface area contributed by atoms with Crippen molar-refractivity contribution in [2.75, 3.05) is 27.3 Å². The molecule has 2 aromatic heterocycles. The number of alkyl carbamates (subject to hydrolysis) is 2. The Kier molecular flexibility index (Phi) is 18.3. The second-order valence-corrected chi connectivity index (χ2v) is 18.8. The molecule has 5 aliphatic heterocycles. The number of amides is 4. The molecule has 0 spiro atoms. The number of hydrogen-bond acceptors (Lipinski definition) is 10. The summed E-state index contributed by atoms with van der Waals surface area (Å²) in [5, 5.41) is 10.4. The normalized spacial score (nSPS) is 19.8. The molecule has 2 aromatic carbocycles. The molecule has 1 unspecified atom stereocenters. The van der Waals surface area contributed by atoms with Crippen LogP contribution in [0, 0.1) is 17.7 Å².